The van der Waals surface area contributed by atoms with E-state index in [-0.39, 0.29) is 0 Å². The van der Waals surface area contributed by atoms with Gasteiger partial charge in [-0.25, -0.2) is 0 Å². The van der Waals surface area contributed by atoms with Gasteiger partial charge < -0.3 is 5.32 Å². The second kappa shape index (κ2) is 4.86. The van der Waals surface area contributed by atoms with Gasteiger partial charge in [-0.2, -0.15) is 0 Å². The minimum absolute atomic E-state index is 0.310. The first-order chi connectivity index (χ1) is 7.24. The summed E-state index contributed by atoms with van der Waals surface area (Å²) in [7, 11) is 0. The molecule has 3 atom stereocenters. The maximum absolute atomic E-state index is 11.8. The molecule has 2 saturated carbocycles. The fourth-order valence-electron chi connectivity index (χ4n) is 2.95. The molecule has 3 unspecified atom stereocenters. The smallest absolute Gasteiger partial charge is 0.223 e. The van der Waals surface area contributed by atoms with Gasteiger partial charge in [0, 0.05) is 17.3 Å². The van der Waals surface area contributed by atoms with Crippen molar-refractivity contribution in [3.05, 3.63) is 0 Å². The first-order valence-corrected chi connectivity index (χ1v) is 7.07. The van der Waals surface area contributed by atoms with E-state index in [4.69, 9.17) is 0 Å². The molecular formula is C12H20BrNO. The van der Waals surface area contributed by atoms with Gasteiger partial charge in [-0.1, -0.05) is 35.7 Å². The number of alkyl halides is 1. The fraction of sp³-hybridized carbons (Fsp3) is 0.917. The van der Waals surface area contributed by atoms with Crippen molar-refractivity contribution in [2.75, 3.05) is 6.54 Å². The molecule has 3 heteroatoms. The van der Waals surface area contributed by atoms with Crippen LogP contribution in [-0.2, 0) is 4.79 Å². The topological polar surface area (TPSA) is 29.1 Å². The van der Waals surface area contributed by atoms with E-state index in [1.165, 1.54) is 25.7 Å². The van der Waals surface area contributed by atoms with Gasteiger partial charge in [-0.3, -0.25) is 4.79 Å². The van der Waals surface area contributed by atoms with E-state index in [1.54, 1.807) is 0 Å². The number of carbonyl (C=O) groups is 1. The number of halogens is 1. The van der Waals surface area contributed by atoms with Gasteiger partial charge in [0.25, 0.3) is 0 Å². The molecule has 0 aromatic heterocycles. The molecule has 15 heavy (non-hydrogen) atoms. The molecular weight excluding hydrogens is 254 g/mol. The Morgan fingerprint density at radius 1 is 1.47 bits per heavy atom. The molecule has 2 fully saturated rings. The van der Waals surface area contributed by atoms with E-state index in [0.717, 1.165) is 24.8 Å². The SMILES string of the molecule is CCCC(Br)CNC(=O)C1C2CCCC21. The van der Waals surface area contributed by atoms with Gasteiger partial charge in [0.15, 0.2) is 0 Å². The summed E-state index contributed by atoms with van der Waals surface area (Å²) in [5, 5.41) is 3.07. The highest BCUT2D eigenvalue weighted by Gasteiger charge is 2.56. The molecule has 0 heterocycles. The zero-order valence-electron chi connectivity index (χ0n) is 9.34. The van der Waals surface area contributed by atoms with E-state index < -0.39 is 0 Å². The van der Waals surface area contributed by atoms with Crippen LogP contribution in [0.15, 0.2) is 0 Å². The van der Waals surface area contributed by atoms with E-state index in [1.807, 2.05) is 0 Å². The van der Waals surface area contributed by atoms with Crippen molar-refractivity contribution in [3.63, 3.8) is 0 Å². The second-order valence-corrected chi connectivity index (χ2v) is 6.21. The highest BCUT2D eigenvalue weighted by Crippen LogP contribution is 2.57. The number of fused-ring (bicyclic) bond motifs is 1. The Kier molecular flexibility index (Phi) is 3.70. The number of nitrogens with one attached hydrogen (secondary N) is 1. The van der Waals surface area contributed by atoms with Crippen molar-refractivity contribution < 1.29 is 4.79 Å². The number of carbonyl (C=O) groups excluding carboxylic acids is 1. The maximum Gasteiger partial charge on any atom is 0.223 e. The predicted octanol–water partition coefficient (Wildman–Crippen LogP) is 2.71. The fourth-order valence-corrected chi connectivity index (χ4v) is 3.57. The van der Waals surface area contributed by atoms with Crippen LogP contribution < -0.4 is 5.32 Å². The van der Waals surface area contributed by atoms with Gasteiger partial charge in [0.05, 0.1) is 0 Å². The molecule has 2 aliphatic rings. The Balaban J connectivity index is 1.66. The molecule has 0 spiro atoms. The summed E-state index contributed by atoms with van der Waals surface area (Å²) >= 11 is 3.58. The van der Waals surface area contributed by atoms with Crippen LogP contribution in [0.1, 0.15) is 39.0 Å². The lowest BCUT2D eigenvalue weighted by Crippen LogP contribution is -2.31. The van der Waals surface area contributed by atoms with Gasteiger partial charge in [-0.05, 0) is 31.1 Å². The third-order valence-electron chi connectivity index (χ3n) is 3.81. The van der Waals surface area contributed by atoms with Crippen LogP contribution in [0.25, 0.3) is 0 Å². The van der Waals surface area contributed by atoms with Crippen molar-refractivity contribution >= 4 is 21.8 Å². The highest BCUT2D eigenvalue weighted by molar-refractivity contribution is 9.09. The summed E-state index contributed by atoms with van der Waals surface area (Å²) in [5.74, 6) is 2.17. The van der Waals surface area contributed by atoms with Crippen molar-refractivity contribution in [1.82, 2.24) is 5.32 Å². The summed E-state index contributed by atoms with van der Waals surface area (Å²) in [5.41, 5.74) is 0. The highest BCUT2D eigenvalue weighted by atomic mass is 79.9. The summed E-state index contributed by atoms with van der Waals surface area (Å²) in [6, 6.07) is 0. The molecule has 0 saturated heterocycles. The molecule has 0 aromatic carbocycles. The largest absolute Gasteiger partial charge is 0.355 e. The zero-order valence-corrected chi connectivity index (χ0v) is 10.9. The quantitative estimate of drug-likeness (QED) is 0.767. The van der Waals surface area contributed by atoms with Crippen LogP contribution in [0.5, 0.6) is 0 Å². The number of rotatable bonds is 5. The van der Waals surface area contributed by atoms with Crippen molar-refractivity contribution in [2.45, 2.75) is 43.9 Å². The summed E-state index contributed by atoms with van der Waals surface area (Å²) in [4.78, 5) is 12.2. The van der Waals surface area contributed by atoms with Crippen molar-refractivity contribution in [3.8, 4) is 0 Å². The van der Waals surface area contributed by atoms with Crippen LogP contribution in [0.3, 0.4) is 0 Å². The Labute approximate surface area is 100 Å². The van der Waals surface area contributed by atoms with E-state index in [2.05, 4.69) is 28.2 Å². The van der Waals surface area contributed by atoms with Gasteiger partial charge in [0.2, 0.25) is 5.91 Å². The minimum Gasteiger partial charge on any atom is -0.355 e. The summed E-state index contributed by atoms with van der Waals surface area (Å²) < 4.78 is 0. The van der Waals surface area contributed by atoms with E-state index in [0.29, 0.717) is 16.7 Å². The molecule has 1 amide bonds. The Hall–Kier alpha value is -0.0500. The standard InChI is InChI=1S/C12H20BrNO/c1-2-4-8(13)7-14-12(15)11-9-5-3-6-10(9)11/h8-11H,2-7H2,1H3,(H,14,15). The van der Waals surface area contributed by atoms with E-state index >= 15 is 0 Å². The second-order valence-electron chi connectivity index (χ2n) is 4.92. The zero-order chi connectivity index (χ0) is 10.8. The predicted molar refractivity (Wildman–Crippen MR) is 65.0 cm³/mol. The van der Waals surface area contributed by atoms with Crippen molar-refractivity contribution in [2.24, 2.45) is 17.8 Å². The first kappa shape index (κ1) is 11.4. The van der Waals surface area contributed by atoms with Crippen LogP contribution in [0.4, 0.5) is 0 Å². The third-order valence-corrected chi connectivity index (χ3v) is 4.59. The van der Waals surface area contributed by atoms with Gasteiger partial charge in [-0.15, -0.1) is 0 Å². The molecule has 0 radical (unpaired) electrons. The lowest BCUT2D eigenvalue weighted by Gasteiger charge is -2.10. The van der Waals surface area contributed by atoms with Crippen molar-refractivity contribution in [1.29, 1.82) is 0 Å². The summed E-state index contributed by atoms with van der Waals surface area (Å²) in [6.07, 6.45) is 6.22. The Morgan fingerprint density at radius 3 is 2.73 bits per heavy atom. The van der Waals surface area contributed by atoms with Crippen LogP contribution in [0.2, 0.25) is 0 Å². The summed E-state index contributed by atoms with van der Waals surface area (Å²) in [6.45, 7) is 2.96. The average molecular weight is 274 g/mol. The van der Waals surface area contributed by atoms with Crippen LogP contribution >= 0.6 is 15.9 Å². The van der Waals surface area contributed by atoms with Crippen LogP contribution in [0, 0.1) is 17.8 Å². The van der Waals surface area contributed by atoms with Crippen LogP contribution in [-0.4, -0.2) is 17.3 Å². The van der Waals surface area contributed by atoms with Gasteiger partial charge in [0.1, 0.15) is 0 Å². The third kappa shape index (κ3) is 2.55. The Morgan fingerprint density at radius 2 is 2.13 bits per heavy atom. The lowest BCUT2D eigenvalue weighted by molar-refractivity contribution is -0.123. The molecule has 2 aliphatic carbocycles. The maximum atomic E-state index is 11.8. The molecule has 2 nitrogen and oxygen atoms in total. The molecule has 0 aliphatic heterocycles. The minimum atomic E-state index is 0.310. The number of hydrogen-bond donors (Lipinski definition) is 1. The molecule has 2 rings (SSSR count). The van der Waals surface area contributed by atoms with E-state index in [9.17, 15) is 4.79 Å². The molecule has 0 bridgehead atoms. The first-order valence-electron chi connectivity index (χ1n) is 6.15. The number of amides is 1. The lowest BCUT2D eigenvalue weighted by atomic mass is 10.1. The normalized spacial score (nSPS) is 34.7. The molecule has 86 valence electrons. The molecule has 0 aromatic rings. The molecule has 1 N–H and O–H groups in total. The number of hydrogen-bond acceptors (Lipinski definition) is 1. The van der Waals surface area contributed by atoms with Gasteiger partial charge >= 0.3 is 0 Å². The average Bonchev–Trinajstić information content (AvgIpc) is 2.69. The monoisotopic (exact) mass is 273 g/mol. The Bertz CT molecular complexity index is 234.